The van der Waals surface area contributed by atoms with Gasteiger partial charge in [-0.15, -0.1) is 0 Å². The molecule has 2 aromatic rings. The molecule has 0 heterocycles. The monoisotopic (exact) mass is 329 g/mol. The summed E-state index contributed by atoms with van der Waals surface area (Å²) in [5.41, 5.74) is 7.19. The zero-order valence-corrected chi connectivity index (χ0v) is 13.1. The molecule has 3 nitrogen and oxygen atoms in total. The summed E-state index contributed by atoms with van der Waals surface area (Å²) in [4.78, 5) is 0.216. The third-order valence-corrected chi connectivity index (χ3v) is 5.58. The molecule has 0 radical (unpaired) electrons. The summed E-state index contributed by atoms with van der Waals surface area (Å²) < 4.78 is 25.0. The maximum Gasteiger partial charge on any atom is 0.182 e. The van der Waals surface area contributed by atoms with Crippen LogP contribution in [0.3, 0.4) is 0 Å². The zero-order chi connectivity index (χ0) is 14.9. The molecule has 0 aliphatic rings. The van der Waals surface area contributed by atoms with Crippen molar-refractivity contribution in [1.82, 2.24) is 0 Å². The highest BCUT2D eigenvalue weighted by atomic mass is 35.5. The molecule has 0 bridgehead atoms. The highest BCUT2D eigenvalue weighted by Gasteiger charge is 2.20. The van der Waals surface area contributed by atoms with Crippen LogP contribution in [-0.4, -0.2) is 8.42 Å². The molecule has 0 aliphatic heterocycles. The Hall–Kier alpha value is -1.23. The predicted octanol–water partition coefficient (Wildman–Crippen LogP) is 3.86. The first-order valence-corrected chi connectivity index (χ1v) is 8.24. The van der Waals surface area contributed by atoms with E-state index < -0.39 is 9.84 Å². The Kier molecular flexibility index (Phi) is 4.28. The van der Waals surface area contributed by atoms with Gasteiger partial charge in [-0.25, -0.2) is 8.42 Å². The van der Waals surface area contributed by atoms with Gasteiger partial charge in [-0.05, 0) is 36.2 Å². The number of nitrogens with two attached hydrogens (primary N) is 1. The van der Waals surface area contributed by atoms with E-state index in [0.29, 0.717) is 21.8 Å². The van der Waals surface area contributed by atoms with E-state index in [1.54, 1.807) is 37.3 Å². The van der Waals surface area contributed by atoms with Gasteiger partial charge in [0.2, 0.25) is 0 Å². The van der Waals surface area contributed by atoms with Crippen molar-refractivity contribution in [1.29, 1.82) is 0 Å². The lowest BCUT2D eigenvalue weighted by Gasteiger charge is -2.10. The zero-order valence-electron chi connectivity index (χ0n) is 10.7. The van der Waals surface area contributed by atoms with Crippen LogP contribution in [0.5, 0.6) is 0 Å². The summed E-state index contributed by atoms with van der Waals surface area (Å²) >= 11 is 11.9. The maximum atomic E-state index is 12.5. The summed E-state index contributed by atoms with van der Waals surface area (Å²) in [7, 11) is -3.53. The van der Waals surface area contributed by atoms with Crippen LogP contribution in [0.4, 0.5) is 5.69 Å². The van der Waals surface area contributed by atoms with Crippen molar-refractivity contribution in [2.24, 2.45) is 0 Å². The van der Waals surface area contributed by atoms with Gasteiger partial charge in [-0.1, -0.05) is 41.4 Å². The number of sulfone groups is 1. The average molecular weight is 330 g/mol. The Morgan fingerprint density at radius 1 is 1.15 bits per heavy atom. The van der Waals surface area contributed by atoms with Gasteiger partial charge in [-0.2, -0.15) is 0 Å². The minimum Gasteiger partial charge on any atom is -0.399 e. The third-order valence-electron chi connectivity index (χ3n) is 2.92. The van der Waals surface area contributed by atoms with E-state index in [1.165, 1.54) is 6.07 Å². The van der Waals surface area contributed by atoms with Crippen molar-refractivity contribution in [2.45, 2.75) is 17.6 Å². The smallest absolute Gasteiger partial charge is 0.182 e. The number of anilines is 1. The fourth-order valence-electron chi connectivity index (χ4n) is 1.89. The maximum absolute atomic E-state index is 12.5. The van der Waals surface area contributed by atoms with Gasteiger partial charge in [0.05, 0.1) is 20.7 Å². The Bertz CT molecular complexity index is 758. The van der Waals surface area contributed by atoms with Crippen LogP contribution in [0.1, 0.15) is 11.1 Å². The molecule has 0 saturated carbocycles. The molecule has 0 aromatic heterocycles. The van der Waals surface area contributed by atoms with E-state index in [0.717, 1.165) is 0 Å². The normalized spacial score (nSPS) is 11.6. The van der Waals surface area contributed by atoms with Crippen LogP contribution in [-0.2, 0) is 15.6 Å². The Labute approximate surface area is 128 Å². The molecule has 20 heavy (non-hydrogen) atoms. The van der Waals surface area contributed by atoms with Gasteiger partial charge >= 0.3 is 0 Å². The molecule has 0 saturated heterocycles. The highest BCUT2D eigenvalue weighted by molar-refractivity contribution is 7.90. The van der Waals surface area contributed by atoms with Crippen LogP contribution in [0, 0.1) is 6.92 Å². The van der Waals surface area contributed by atoms with Crippen molar-refractivity contribution in [3.63, 3.8) is 0 Å². The molecule has 0 aliphatic carbocycles. The Morgan fingerprint density at radius 2 is 1.85 bits per heavy atom. The molecular weight excluding hydrogens is 317 g/mol. The summed E-state index contributed by atoms with van der Waals surface area (Å²) in [5.74, 6) is -0.212. The van der Waals surface area contributed by atoms with E-state index >= 15 is 0 Å². The van der Waals surface area contributed by atoms with E-state index in [2.05, 4.69) is 0 Å². The quantitative estimate of drug-likeness (QED) is 0.870. The molecule has 2 N–H and O–H groups in total. The third kappa shape index (κ3) is 3.08. The van der Waals surface area contributed by atoms with E-state index in [9.17, 15) is 8.42 Å². The van der Waals surface area contributed by atoms with Crippen molar-refractivity contribution < 1.29 is 8.42 Å². The first-order chi connectivity index (χ1) is 9.31. The molecule has 0 amide bonds. The van der Waals surface area contributed by atoms with Crippen LogP contribution < -0.4 is 5.73 Å². The number of halogens is 2. The predicted molar refractivity (Wildman–Crippen MR) is 82.9 cm³/mol. The van der Waals surface area contributed by atoms with Crippen LogP contribution >= 0.6 is 23.2 Å². The van der Waals surface area contributed by atoms with Gasteiger partial charge in [0.1, 0.15) is 0 Å². The fraction of sp³-hybridized carbons (Fsp3) is 0.143. The van der Waals surface area contributed by atoms with E-state index in [-0.39, 0.29) is 15.7 Å². The topological polar surface area (TPSA) is 60.2 Å². The standard InChI is InChI=1S/C14H13Cl2NO2S/c1-9-5-6-11(17)7-13(9)20(18,19)8-10-3-2-4-12(15)14(10)16/h2-7H,8,17H2,1H3. The Morgan fingerprint density at radius 3 is 2.55 bits per heavy atom. The van der Waals surface area contributed by atoms with Crippen molar-refractivity contribution in [3.8, 4) is 0 Å². The van der Waals surface area contributed by atoms with Crippen LogP contribution in [0.25, 0.3) is 0 Å². The number of hydrogen-bond acceptors (Lipinski definition) is 3. The van der Waals surface area contributed by atoms with E-state index in [4.69, 9.17) is 28.9 Å². The molecule has 106 valence electrons. The number of nitrogen functional groups attached to an aromatic ring is 1. The molecular formula is C14H13Cl2NO2S. The largest absolute Gasteiger partial charge is 0.399 e. The number of aryl methyl sites for hydroxylation is 1. The van der Waals surface area contributed by atoms with Gasteiger partial charge in [0.25, 0.3) is 0 Å². The van der Waals surface area contributed by atoms with Crippen molar-refractivity contribution >= 4 is 38.7 Å². The SMILES string of the molecule is Cc1ccc(N)cc1S(=O)(=O)Cc1cccc(Cl)c1Cl. The lowest BCUT2D eigenvalue weighted by Crippen LogP contribution is -2.08. The molecule has 0 unspecified atom stereocenters. The average Bonchev–Trinajstić information content (AvgIpc) is 2.37. The van der Waals surface area contributed by atoms with Crippen LogP contribution in [0.15, 0.2) is 41.3 Å². The highest BCUT2D eigenvalue weighted by Crippen LogP contribution is 2.29. The molecule has 0 fully saturated rings. The summed E-state index contributed by atoms with van der Waals surface area (Å²) in [6.07, 6.45) is 0. The lowest BCUT2D eigenvalue weighted by atomic mass is 10.2. The number of rotatable bonds is 3. The van der Waals surface area contributed by atoms with Crippen LogP contribution in [0.2, 0.25) is 10.0 Å². The Balaban J connectivity index is 2.46. The van der Waals surface area contributed by atoms with Gasteiger partial charge in [-0.3, -0.25) is 0 Å². The first kappa shape index (κ1) is 15.2. The summed E-state index contributed by atoms with van der Waals surface area (Å²) in [6, 6.07) is 9.75. The molecule has 2 rings (SSSR count). The number of hydrogen-bond donors (Lipinski definition) is 1. The van der Waals surface area contributed by atoms with Gasteiger partial charge < -0.3 is 5.73 Å². The minimum atomic E-state index is -3.53. The van der Waals surface area contributed by atoms with Crippen molar-refractivity contribution in [2.75, 3.05) is 5.73 Å². The first-order valence-electron chi connectivity index (χ1n) is 5.83. The fourth-order valence-corrected chi connectivity index (χ4v) is 4.04. The second kappa shape index (κ2) is 5.64. The summed E-state index contributed by atoms with van der Waals surface area (Å²) in [5, 5.41) is 0.600. The lowest BCUT2D eigenvalue weighted by molar-refractivity contribution is 0.594. The molecule has 0 spiro atoms. The summed E-state index contributed by atoms with van der Waals surface area (Å²) in [6.45, 7) is 1.73. The number of benzene rings is 2. The second-order valence-electron chi connectivity index (χ2n) is 4.50. The molecule has 2 aromatic carbocycles. The van der Waals surface area contributed by atoms with E-state index in [1.807, 2.05) is 0 Å². The minimum absolute atomic E-state index is 0.212. The van der Waals surface area contributed by atoms with Crippen molar-refractivity contribution in [3.05, 3.63) is 57.6 Å². The second-order valence-corrected chi connectivity index (χ2v) is 7.24. The molecule has 6 heteroatoms. The van der Waals surface area contributed by atoms with Gasteiger partial charge in [0, 0.05) is 5.69 Å². The van der Waals surface area contributed by atoms with Gasteiger partial charge in [0.15, 0.2) is 9.84 Å². The molecule has 0 atom stereocenters.